The number of carbonyl (C=O) groups excluding carboxylic acids is 1. The number of esters is 1. The molecule has 0 aromatic heterocycles. The van der Waals surface area contributed by atoms with Crippen molar-refractivity contribution in [3.8, 4) is 0 Å². The third-order valence-corrected chi connectivity index (χ3v) is 14.4. The molecule has 232 valence electrons. The Morgan fingerprint density at radius 1 is 0.951 bits per heavy atom. The Balaban J connectivity index is 1.56. The quantitative estimate of drug-likeness (QED) is 0.199. The van der Waals surface area contributed by atoms with Gasteiger partial charge in [0.05, 0.1) is 31.0 Å². The number of aliphatic hydroxyl groups excluding tert-OH is 4. The van der Waals surface area contributed by atoms with Gasteiger partial charge in [0.2, 0.25) is 0 Å². The Bertz CT molecular complexity index is 1110. The molecule has 5 aliphatic carbocycles. The van der Waals surface area contributed by atoms with Crippen molar-refractivity contribution in [3.63, 3.8) is 0 Å². The number of aliphatic hydroxyl groups is 4. The molecule has 0 spiro atoms. The lowest BCUT2D eigenvalue weighted by atomic mass is 9.32. The van der Waals surface area contributed by atoms with E-state index in [9.17, 15) is 25.2 Å². The lowest BCUT2D eigenvalue weighted by Gasteiger charge is -2.72. The Morgan fingerprint density at radius 2 is 1.63 bits per heavy atom. The van der Waals surface area contributed by atoms with Crippen LogP contribution in [0.4, 0.5) is 0 Å². The smallest absolute Gasteiger partial charge is 0.330 e. The molecule has 0 saturated heterocycles. The summed E-state index contributed by atoms with van der Waals surface area (Å²) in [5.41, 5.74) is -0.681. The maximum Gasteiger partial charge on any atom is 0.330 e. The third-order valence-electron chi connectivity index (χ3n) is 14.4. The Kier molecular flexibility index (Phi) is 7.54. The molecular weight excluding hydrogens is 516 g/mol. The van der Waals surface area contributed by atoms with E-state index < -0.39 is 40.7 Å². The molecule has 0 aromatic rings. The Hall–Kier alpha value is -1.21. The molecule has 0 bridgehead atoms. The fraction of sp³-hybridized carbons (Fsp3) is 0.857. The average molecular weight is 573 g/mol. The molecule has 4 saturated carbocycles. The largest absolute Gasteiger partial charge is 0.462 e. The number of hydrogen-bond donors (Lipinski definition) is 4. The monoisotopic (exact) mass is 572 g/mol. The summed E-state index contributed by atoms with van der Waals surface area (Å²) < 4.78 is 5.72. The van der Waals surface area contributed by atoms with Crippen LogP contribution in [0.1, 0.15) is 107 Å². The lowest BCUT2D eigenvalue weighted by molar-refractivity contribution is -0.252. The molecule has 5 aliphatic rings. The third kappa shape index (κ3) is 3.98. The van der Waals surface area contributed by atoms with E-state index in [2.05, 4.69) is 54.5 Å². The van der Waals surface area contributed by atoms with Gasteiger partial charge in [-0.3, -0.25) is 0 Å². The van der Waals surface area contributed by atoms with Crippen LogP contribution in [0.15, 0.2) is 23.8 Å². The van der Waals surface area contributed by atoms with E-state index in [1.54, 1.807) is 13.0 Å². The predicted molar refractivity (Wildman–Crippen MR) is 160 cm³/mol. The van der Waals surface area contributed by atoms with Crippen molar-refractivity contribution in [2.45, 2.75) is 131 Å². The first-order chi connectivity index (χ1) is 19.0. The molecule has 4 fully saturated rings. The molecule has 0 aliphatic heterocycles. The topological polar surface area (TPSA) is 107 Å². The molecule has 0 heterocycles. The molecule has 3 unspecified atom stereocenters. The molecule has 6 heteroatoms. The normalized spacial score (nSPS) is 52.5. The summed E-state index contributed by atoms with van der Waals surface area (Å²) in [6, 6.07) is 0. The van der Waals surface area contributed by atoms with Crippen molar-refractivity contribution in [3.05, 3.63) is 23.8 Å². The Morgan fingerprint density at radius 3 is 2.27 bits per heavy atom. The van der Waals surface area contributed by atoms with Crippen LogP contribution in [-0.2, 0) is 9.53 Å². The maximum atomic E-state index is 12.3. The number of rotatable bonds is 4. The van der Waals surface area contributed by atoms with Gasteiger partial charge in [0, 0.05) is 16.9 Å². The summed E-state index contributed by atoms with van der Waals surface area (Å²) >= 11 is 0. The minimum atomic E-state index is -0.966. The molecular formula is C35H56O6. The summed E-state index contributed by atoms with van der Waals surface area (Å²) in [7, 11) is 0. The van der Waals surface area contributed by atoms with Gasteiger partial charge in [-0.05, 0) is 97.7 Å². The summed E-state index contributed by atoms with van der Waals surface area (Å²) in [5.74, 6) is 0.226. The minimum Gasteiger partial charge on any atom is -0.462 e. The maximum absolute atomic E-state index is 12.3. The highest BCUT2D eigenvalue weighted by molar-refractivity contribution is 5.81. The zero-order valence-corrected chi connectivity index (χ0v) is 26.7. The highest BCUT2D eigenvalue weighted by atomic mass is 16.5. The zero-order chi connectivity index (χ0) is 30.4. The van der Waals surface area contributed by atoms with Crippen LogP contribution >= 0.6 is 0 Å². The van der Waals surface area contributed by atoms with Crippen LogP contribution in [0.25, 0.3) is 0 Å². The number of fused-ring (bicyclic) bond motifs is 7. The molecule has 0 aromatic carbocycles. The number of allylic oxidation sites excluding steroid dienone is 3. The molecule has 6 nitrogen and oxygen atoms in total. The fourth-order valence-corrected chi connectivity index (χ4v) is 11.7. The van der Waals surface area contributed by atoms with Gasteiger partial charge in [-0.15, -0.1) is 0 Å². The zero-order valence-electron chi connectivity index (χ0n) is 26.7. The van der Waals surface area contributed by atoms with E-state index in [0.717, 1.165) is 32.1 Å². The SMILES string of the molecule is C/C=C/C(=O)OC[C@]1(C)C2CC[C@]3(C)C(CC=C4C5CC(C)(C)[C@@H](O)[C@H](O)[C@]5(CC)[C@H](O)C[C@]43C)[C@@]2(C)CC[C@@H]1O. The number of ether oxygens (including phenoxy) is 1. The molecule has 5 rings (SSSR count). The van der Waals surface area contributed by atoms with Crippen LogP contribution in [-0.4, -0.2) is 57.4 Å². The van der Waals surface area contributed by atoms with Gasteiger partial charge >= 0.3 is 5.97 Å². The molecule has 4 N–H and O–H groups in total. The van der Waals surface area contributed by atoms with Crippen molar-refractivity contribution >= 4 is 5.97 Å². The van der Waals surface area contributed by atoms with Crippen LogP contribution in [0, 0.1) is 50.2 Å². The first kappa shape index (κ1) is 31.2. The van der Waals surface area contributed by atoms with Gasteiger partial charge in [0.1, 0.15) is 0 Å². The van der Waals surface area contributed by atoms with E-state index in [0.29, 0.717) is 25.2 Å². The van der Waals surface area contributed by atoms with E-state index >= 15 is 0 Å². The summed E-state index contributed by atoms with van der Waals surface area (Å²) in [6.45, 7) is 17.5. The van der Waals surface area contributed by atoms with E-state index in [1.165, 1.54) is 11.6 Å². The van der Waals surface area contributed by atoms with E-state index in [1.807, 2.05) is 0 Å². The second-order valence-corrected chi connectivity index (χ2v) is 16.3. The molecule has 0 amide bonds. The highest BCUT2D eigenvalue weighted by Crippen LogP contribution is 2.76. The summed E-state index contributed by atoms with van der Waals surface area (Å²) in [6.07, 6.45) is 8.97. The van der Waals surface area contributed by atoms with E-state index in [-0.39, 0.29) is 40.7 Å². The van der Waals surface area contributed by atoms with Crippen LogP contribution in [0.3, 0.4) is 0 Å². The second kappa shape index (κ2) is 9.90. The lowest BCUT2D eigenvalue weighted by Crippen LogP contribution is -2.70. The minimum absolute atomic E-state index is 0.0161. The van der Waals surface area contributed by atoms with Gasteiger partial charge in [-0.1, -0.05) is 66.2 Å². The van der Waals surface area contributed by atoms with Crippen LogP contribution < -0.4 is 0 Å². The predicted octanol–water partition coefficient (Wildman–Crippen LogP) is 5.57. The van der Waals surface area contributed by atoms with Gasteiger partial charge in [0.15, 0.2) is 0 Å². The van der Waals surface area contributed by atoms with E-state index in [4.69, 9.17) is 4.74 Å². The van der Waals surface area contributed by atoms with Crippen molar-refractivity contribution in [2.24, 2.45) is 50.2 Å². The van der Waals surface area contributed by atoms with Gasteiger partial charge in [0.25, 0.3) is 0 Å². The van der Waals surface area contributed by atoms with Crippen molar-refractivity contribution < 1.29 is 30.0 Å². The van der Waals surface area contributed by atoms with Gasteiger partial charge in [-0.2, -0.15) is 0 Å². The summed E-state index contributed by atoms with van der Waals surface area (Å²) in [5, 5.41) is 46.1. The molecule has 12 atom stereocenters. The molecule has 0 radical (unpaired) electrons. The number of carbonyl (C=O) groups is 1. The van der Waals surface area contributed by atoms with Gasteiger partial charge < -0.3 is 25.2 Å². The van der Waals surface area contributed by atoms with Crippen LogP contribution in [0.5, 0.6) is 0 Å². The molecule has 41 heavy (non-hydrogen) atoms. The second-order valence-electron chi connectivity index (χ2n) is 16.3. The highest BCUT2D eigenvalue weighted by Gasteiger charge is 2.72. The van der Waals surface area contributed by atoms with Crippen LogP contribution in [0.2, 0.25) is 0 Å². The first-order valence-corrected chi connectivity index (χ1v) is 16.2. The first-order valence-electron chi connectivity index (χ1n) is 16.2. The number of hydrogen-bond acceptors (Lipinski definition) is 6. The van der Waals surface area contributed by atoms with Gasteiger partial charge in [-0.25, -0.2) is 4.79 Å². The van der Waals surface area contributed by atoms with Crippen molar-refractivity contribution in [1.82, 2.24) is 0 Å². The fourth-order valence-electron chi connectivity index (χ4n) is 11.7. The Labute approximate surface area is 247 Å². The van der Waals surface area contributed by atoms with Crippen molar-refractivity contribution in [1.29, 1.82) is 0 Å². The average Bonchev–Trinajstić information content (AvgIpc) is 2.89. The summed E-state index contributed by atoms with van der Waals surface area (Å²) in [4.78, 5) is 12.3. The standard InChI is InChI=1S/C35H56O6/c1-9-11-27(38)41-20-32(6)23-14-17-33(7)24(31(23,5)16-15-25(32)36)13-12-21-22-18-30(3,4)28(39)29(40)35(22,10-2)26(37)19-34(21,33)8/h9,11-12,22-26,28-29,36-37,39-40H,10,13-20H2,1-8H3/b11-9+/t22?,23?,24?,25-,26+,28-,29-,31-,32+,33+,34+,35-/m0/s1. The van der Waals surface area contributed by atoms with Crippen molar-refractivity contribution in [2.75, 3.05) is 6.61 Å².